The number of rotatable bonds is 8. The number of aliphatic hydroxyl groups excluding tert-OH is 1. The molecule has 0 spiro atoms. The molecule has 3 atom stereocenters. The maximum absolute atomic E-state index is 13.1. The third kappa shape index (κ3) is 3.46. The fourth-order valence-corrected chi connectivity index (χ4v) is 3.52. The smallest absolute Gasteiger partial charge is 0.308 e. The summed E-state index contributed by atoms with van der Waals surface area (Å²) in [4.78, 5) is 26.6. The number of carbonyl (C=O) groups excluding carboxylic acids is 2. The quantitative estimate of drug-likeness (QED) is 0.740. The van der Waals surface area contributed by atoms with Crippen molar-refractivity contribution in [2.24, 2.45) is 5.92 Å². The summed E-state index contributed by atoms with van der Waals surface area (Å²) < 4.78 is 4.92. The summed E-state index contributed by atoms with van der Waals surface area (Å²) in [5.41, 5.74) is 0.189. The molecule has 24 heavy (non-hydrogen) atoms. The third-order valence-electron chi connectivity index (χ3n) is 4.88. The van der Waals surface area contributed by atoms with E-state index in [2.05, 4.69) is 0 Å². The Bertz CT molecular complexity index is 570. The lowest BCUT2D eigenvalue weighted by atomic mass is 9.89. The number of ether oxygens (including phenoxy) is 1. The number of aliphatic hydroxyl groups is 1. The van der Waals surface area contributed by atoms with Gasteiger partial charge in [-0.1, -0.05) is 30.3 Å². The van der Waals surface area contributed by atoms with Crippen LogP contribution in [0, 0.1) is 5.92 Å². The van der Waals surface area contributed by atoms with Crippen molar-refractivity contribution in [1.29, 1.82) is 0 Å². The van der Waals surface area contributed by atoms with E-state index in [4.69, 9.17) is 4.74 Å². The molecule has 132 valence electrons. The number of hydrogen-bond acceptors (Lipinski definition) is 4. The van der Waals surface area contributed by atoms with Crippen LogP contribution in [-0.2, 0) is 19.7 Å². The van der Waals surface area contributed by atoms with Crippen LogP contribution < -0.4 is 0 Å². The van der Waals surface area contributed by atoms with Gasteiger partial charge in [0.2, 0.25) is 5.91 Å². The Morgan fingerprint density at radius 2 is 1.88 bits per heavy atom. The van der Waals surface area contributed by atoms with Gasteiger partial charge in [0.1, 0.15) is 0 Å². The second-order valence-electron chi connectivity index (χ2n) is 6.20. The Kier molecular flexibility index (Phi) is 5.99. The van der Waals surface area contributed by atoms with E-state index in [0.717, 1.165) is 5.56 Å². The van der Waals surface area contributed by atoms with Crippen molar-refractivity contribution in [2.75, 3.05) is 19.7 Å². The van der Waals surface area contributed by atoms with Crippen molar-refractivity contribution >= 4 is 11.9 Å². The molecule has 0 saturated heterocycles. The van der Waals surface area contributed by atoms with Gasteiger partial charge in [-0.05, 0) is 32.8 Å². The molecule has 1 fully saturated rings. The van der Waals surface area contributed by atoms with E-state index in [9.17, 15) is 14.7 Å². The van der Waals surface area contributed by atoms with Gasteiger partial charge in [-0.15, -0.1) is 0 Å². The molecule has 5 heteroatoms. The SMILES string of the molecule is CCOC(=O)C[C@H](O)[C@@H]1C[C@@]1(C(=O)N(CC)CC)c1ccccc1. The first-order valence-corrected chi connectivity index (χ1v) is 8.69. The van der Waals surface area contributed by atoms with Crippen molar-refractivity contribution in [3.05, 3.63) is 35.9 Å². The number of esters is 1. The van der Waals surface area contributed by atoms with E-state index >= 15 is 0 Å². The molecular formula is C19H27NO4. The average molecular weight is 333 g/mol. The Labute approximate surface area is 143 Å². The highest BCUT2D eigenvalue weighted by Crippen LogP contribution is 2.57. The molecule has 0 radical (unpaired) electrons. The largest absolute Gasteiger partial charge is 0.466 e. The van der Waals surface area contributed by atoms with Crippen LogP contribution in [0.1, 0.15) is 39.2 Å². The maximum Gasteiger partial charge on any atom is 0.308 e. The van der Waals surface area contributed by atoms with Crippen LogP contribution in [0.5, 0.6) is 0 Å². The van der Waals surface area contributed by atoms with E-state index in [1.807, 2.05) is 44.2 Å². The summed E-state index contributed by atoms with van der Waals surface area (Å²) in [6.45, 7) is 7.19. The standard InChI is InChI=1S/C19H27NO4/c1-4-20(5-2)18(23)19(14-10-8-7-9-11-14)13-15(19)16(21)12-17(22)24-6-3/h7-11,15-16,21H,4-6,12-13H2,1-3H3/t15-,16-,19+/m0/s1. The highest BCUT2D eigenvalue weighted by molar-refractivity contribution is 5.92. The lowest BCUT2D eigenvalue weighted by Gasteiger charge is -2.27. The fraction of sp³-hybridized carbons (Fsp3) is 0.579. The van der Waals surface area contributed by atoms with Gasteiger partial charge in [-0.3, -0.25) is 9.59 Å². The normalized spacial score (nSPS) is 23.4. The molecule has 2 rings (SSSR count). The number of carbonyl (C=O) groups is 2. The number of likely N-dealkylation sites (N-methyl/N-ethyl adjacent to an activating group) is 1. The zero-order valence-electron chi connectivity index (χ0n) is 14.7. The van der Waals surface area contributed by atoms with Gasteiger partial charge < -0.3 is 14.7 Å². The number of benzene rings is 1. The zero-order valence-corrected chi connectivity index (χ0v) is 14.7. The van der Waals surface area contributed by atoms with Gasteiger partial charge >= 0.3 is 5.97 Å². The van der Waals surface area contributed by atoms with Crippen molar-refractivity contribution in [1.82, 2.24) is 4.90 Å². The summed E-state index contributed by atoms with van der Waals surface area (Å²) in [6, 6.07) is 9.57. The van der Waals surface area contributed by atoms with Crippen LogP contribution in [0.3, 0.4) is 0 Å². The molecule has 0 aliphatic heterocycles. The predicted octanol–water partition coefficient (Wildman–Crippen LogP) is 2.13. The number of nitrogens with zero attached hydrogens (tertiary/aromatic N) is 1. The lowest BCUT2D eigenvalue weighted by molar-refractivity contribution is -0.146. The Hall–Kier alpha value is -1.88. The second kappa shape index (κ2) is 7.79. The van der Waals surface area contributed by atoms with E-state index in [-0.39, 0.29) is 18.2 Å². The minimum Gasteiger partial charge on any atom is -0.466 e. The van der Waals surface area contributed by atoms with Crippen molar-refractivity contribution in [2.45, 2.75) is 45.1 Å². The van der Waals surface area contributed by atoms with E-state index < -0.39 is 17.5 Å². The monoisotopic (exact) mass is 333 g/mol. The maximum atomic E-state index is 13.1. The number of amides is 1. The van der Waals surface area contributed by atoms with Gasteiger partial charge in [-0.2, -0.15) is 0 Å². The molecule has 1 aliphatic carbocycles. The fourth-order valence-electron chi connectivity index (χ4n) is 3.52. The van der Waals surface area contributed by atoms with Gasteiger partial charge in [0.15, 0.2) is 0 Å². The Balaban J connectivity index is 2.25. The van der Waals surface area contributed by atoms with Crippen molar-refractivity contribution in [3.63, 3.8) is 0 Å². The molecule has 1 aromatic carbocycles. The molecule has 1 aliphatic rings. The Morgan fingerprint density at radius 1 is 1.25 bits per heavy atom. The minimum absolute atomic E-state index is 0.0339. The van der Waals surface area contributed by atoms with Crippen LogP contribution in [-0.4, -0.2) is 47.7 Å². The van der Waals surface area contributed by atoms with Crippen LogP contribution in [0.15, 0.2) is 30.3 Å². The first-order chi connectivity index (χ1) is 11.5. The zero-order chi connectivity index (χ0) is 17.7. The van der Waals surface area contributed by atoms with Gasteiger partial charge in [-0.25, -0.2) is 0 Å². The van der Waals surface area contributed by atoms with Gasteiger partial charge in [0.05, 0.1) is 24.5 Å². The molecular weight excluding hydrogens is 306 g/mol. The van der Waals surface area contributed by atoms with Gasteiger partial charge in [0.25, 0.3) is 0 Å². The highest BCUT2D eigenvalue weighted by Gasteiger charge is 2.64. The predicted molar refractivity (Wildman–Crippen MR) is 91.4 cm³/mol. The topological polar surface area (TPSA) is 66.8 Å². The molecule has 5 nitrogen and oxygen atoms in total. The van der Waals surface area contributed by atoms with Crippen LogP contribution in [0.2, 0.25) is 0 Å². The summed E-state index contributed by atoms with van der Waals surface area (Å²) in [7, 11) is 0. The molecule has 0 unspecified atom stereocenters. The molecule has 1 N–H and O–H groups in total. The summed E-state index contributed by atoms with van der Waals surface area (Å²) in [5.74, 6) is -0.641. The second-order valence-corrected chi connectivity index (χ2v) is 6.20. The average Bonchev–Trinajstić information content (AvgIpc) is 3.34. The summed E-state index contributed by atoms with van der Waals surface area (Å²) in [5, 5.41) is 10.5. The molecule has 0 bridgehead atoms. The lowest BCUT2D eigenvalue weighted by Crippen LogP contribution is -2.41. The summed E-state index contributed by atoms with van der Waals surface area (Å²) in [6.07, 6.45) is -0.380. The molecule has 1 amide bonds. The first kappa shape index (κ1) is 18.5. The molecule has 0 heterocycles. The van der Waals surface area contributed by atoms with Crippen molar-refractivity contribution < 1.29 is 19.4 Å². The van der Waals surface area contributed by atoms with Crippen LogP contribution >= 0.6 is 0 Å². The highest BCUT2D eigenvalue weighted by atomic mass is 16.5. The number of hydrogen-bond donors (Lipinski definition) is 1. The van der Waals surface area contributed by atoms with E-state index in [1.165, 1.54) is 0 Å². The summed E-state index contributed by atoms with van der Waals surface area (Å²) >= 11 is 0. The van der Waals surface area contributed by atoms with Crippen LogP contribution in [0.25, 0.3) is 0 Å². The van der Waals surface area contributed by atoms with E-state index in [0.29, 0.717) is 26.1 Å². The van der Waals surface area contributed by atoms with Gasteiger partial charge in [0, 0.05) is 19.0 Å². The third-order valence-corrected chi connectivity index (χ3v) is 4.88. The molecule has 0 aromatic heterocycles. The van der Waals surface area contributed by atoms with Crippen LogP contribution in [0.4, 0.5) is 0 Å². The van der Waals surface area contributed by atoms with E-state index in [1.54, 1.807) is 11.8 Å². The van der Waals surface area contributed by atoms with Crippen molar-refractivity contribution in [3.8, 4) is 0 Å². The molecule has 1 aromatic rings. The minimum atomic E-state index is -0.872. The first-order valence-electron chi connectivity index (χ1n) is 8.69. The molecule has 1 saturated carbocycles. The Morgan fingerprint density at radius 3 is 2.42 bits per heavy atom.